The van der Waals surface area contributed by atoms with E-state index in [4.69, 9.17) is 9.47 Å². The summed E-state index contributed by atoms with van der Waals surface area (Å²) in [6.45, 7) is 2.54. The van der Waals surface area contributed by atoms with Crippen LogP contribution < -0.4 is 0 Å². The Morgan fingerprint density at radius 2 is 1.71 bits per heavy atom. The van der Waals surface area contributed by atoms with Gasteiger partial charge in [-0.25, -0.2) is 13.6 Å². The molecule has 1 aliphatic rings. The molecule has 176 valence electrons. The minimum absolute atomic E-state index is 0.147. The van der Waals surface area contributed by atoms with E-state index >= 15 is 0 Å². The molecule has 0 saturated carbocycles. The van der Waals surface area contributed by atoms with Gasteiger partial charge in [0.1, 0.15) is 18.2 Å². The highest BCUT2D eigenvalue weighted by atomic mass is 19.1. The summed E-state index contributed by atoms with van der Waals surface area (Å²) in [6.07, 6.45) is -0.340. The summed E-state index contributed by atoms with van der Waals surface area (Å²) in [6, 6.07) is 16.8. The highest BCUT2D eigenvalue weighted by molar-refractivity contribution is 5.76. The molecule has 0 N–H and O–H groups in total. The van der Waals surface area contributed by atoms with Crippen molar-refractivity contribution in [3.63, 3.8) is 0 Å². The lowest BCUT2D eigenvalue weighted by molar-refractivity contribution is -0.142. The number of hydrogen-bond donors (Lipinski definition) is 0. The van der Waals surface area contributed by atoms with Gasteiger partial charge in [-0.3, -0.25) is 4.79 Å². The Hall–Kier alpha value is -3.74. The number of hydrogen-bond acceptors (Lipinski definition) is 4. The van der Waals surface area contributed by atoms with E-state index in [1.807, 2.05) is 30.3 Å². The number of benzene rings is 3. The molecule has 3 aromatic rings. The number of esters is 1. The quantitative estimate of drug-likeness (QED) is 0.456. The van der Waals surface area contributed by atoms with Crippen molar-refractivity contribution in [3.8, 4) is 11.1 Å². The maximum absolute atomic E-state index is 14.6. The number of ether oxygens (including phenoxy) is 2. The van der Waals surface area contributed by atoms with Gasteiger partial charge in [0.15, 0.2) is 0 Å². The summed E-state index contributed by atoms with van der Waals surface area (Å²) in [5.74, 6) is -1.38. The summed E-state index contributed by atoms with van der Waals surface area (Å²) in [5, 5.41) is 0. The van der Waals surface area contributed by atoms with Crippen molar-refractivity contribution in [3.05, 3.63) is 94.6 Å². The molecule has 0 radical (unpaired) electrons. The standard InChI is InChI=1S/C27H25F2NO4/c1-2-33-26(31)15-20-14-19(8-10-24(20)28)21-9-11-25(29)22-12-13-30(16-23(21)22)27(32)34-17-18-6-4-3-5-7-18/h3-11,14H,2,12-13,15-17H2,1H3. The van der Waals surface area contributed by atoms with E-state index in [0.29, 0.717) is 35.2 Å². The molecular formula is C27H25F2NO4. The Morgan fingerprint density at radius 3 is 2.47 bits per heavy atom. The van der Waals surface area contributed by atoms with Crippen LogP contribution in [0.2, 0.25) is 0 Å². The number of nitrogens with zero attached hydrogens (tertiary/aromatic N) is 1. The van der Waals surface area contributed by atoms with Gasteiger partial charge in [-0.2, -0.15) is 0 Å². The highest BCUT2D eigenvalue weighted by Crippen LogP contribution is 2.33. The van der Waals surface area contributed by atoms with Gasteiger partial charge in [0.25, 0.3) is 0 Å². The average molecular weight is 465 g/mol. The Morgan fingerprint density at radius 1 is 0.941 bits per heavy atom. The van der Waals surface area contributed by atoms with Crippen molar-refractivity contribution >= 4 is 12.1 Å². The highest BCUT2D eigenvalue weighted by Gasteiger charge is 2.27. The molecule has 0 fully saturated rings. The van der Waals surface area contributed by atoms with Gasteiger partial charge in [-0.05, 0) is 64.9 Å². The van der Waals surface area contributed by atoms with Crippen molar-refractivity contribution in [2.75, 3.05) is 13.2 Å². The molecule has 5 nitrogen and oxygen atoms in total. The van der Waals surface area contributed by atoms with Gasteiger partial charge in [-0.15, -0.1) is 0 Å². The topological polar surface area (TPSA) is 55.8 Å². The van der Waals surface area contributed by atoms with Gasteiger partial charge in [0.2, 0.25) is 0 Å². The Kier molecular flexibility index (Phi) is 7.21. The van der Waals surface area contributed by atoms with E-state index in [1.54, 1.807) is 25.1 Å². The van der Waals surface area contributed by atoms with E-state index in [0.717, 1.165) is 5.56 Å². The number of fused-ring (bicyclic) bond motifs is 1. The van der Waals surface area contributed by atoms with Crippen LogP contribution in [0.5, 0.6) is 0 Å². The lowest BCUT2D eigenvalue weighted by Crippen LogP contribution is -2.37. The Labute approximate surface area is 196 Å². The van der Waals surface area contributed by atoms with Crippen LogP contribution in [-0.2, 0) is 40.3 Å². The molecule has 0 bridgehead atoms. The first-order valence-corrected chi connectivity index (χ1v) is 11.2. The number of amides is 1. The number of carbonyl (C=O) groups excluding carboxylic acids is 2. The summed E-state index contributed by atoms with van der Waals surface area (Å²) in [5.41, 5.74) is 3.57. The molecule has 0 aliphatic carbocycles. The first-order valence-electron chi connectivity index (χ1n) is 11.2. The fourth-order valence-corrected chi connectivity index (χ4v) is 4.11. The van der Waals surface area contributed by atoms with Crippen molar-refractivity contribution < 1.29 is 27.8 Å². The minimum atomic E-state index is -0.521. The maximum atomic E-state index is 14.6. The minimum Gasteiger partial charge on any atom is -0.466 e. The third-order valence-electron chi connectivity index (χ3n) is 5.81. The zero-order valence-electron chi connectivity index (χ0n) is 18.9. The Balaban J connectivity index is 1.58. The van der Waals surface area contributed by atoms with Crippen LogP contribution in [0.4, 0.5) is 13.6 Å². The van der Waals surface area contributed by atoms with Crippen LogP contribution in [0, 0.1) is 11.6 Å². The Bertz CT molecular complexity index is 1200. The van der Waals surface area contributed by atoms with Gasteiger partial charge >= 0.3 is 12.1 Å². The molecule has 0 atom stereocenters. The van der Waals surface area contributed by atoms with Crippen LogP contribution in [0.15, 0.2) is 60.7 Å². The molecule has 1 aliphatic heterocycles. The maximum Gasteiger partial charge on any atom is 0.410 e. The lowest BCUT2D eigenvalue weighted by atomic mass is 9.90. The van der Waals surface area contributed by atoms with Gasteiger partial charge < -0.3 is 14.4 Å². The second-order valence-corrected chi connectivity index (χ2v) is 8.05. The molecule has 3 aromatic carbocycles. The largest absolute Gasteiger partial charge is 0.466 e. The number of carbonyl (C=O) groups is 2. The predicted octanol–water partition coefficient (Wildman–Crippen LogP) is 5.43. The van der Waals surface area contributed by atoms with E-state index in [-0.39, 0.29) is 37.6 Å². The monoisotopic (exact) mass is 465 g/mol. The van der Waals surface area contributed by atoms with Crippen LogP contribution in [-0.4, -0.2) is 30.1 Å². The van der Waals surface area contributed by atoms with Gasteiger partial charge in [-0.1, -0.05) is 42.5 Å². The molecule has 4 rings (SSSR count). The van der Waals surface area contributed by atoms with Gasteiger partial charge in [0.05, 0.1) is 13.0 Å². The molecular weight excluding hydrogens is 440 g/mol. The van der Waals surface area contributed by atoms with Crippen molar-refractivity contribution in [1.82, 2.24) is 4.90 Å². The van der Waals surface area contributed by atoms with E-state index in [2.05, 4.69) is 0 Å². The molecule has 0 saturated heterocycles. The third kappa shape index (κ3) is 5.25. The van der Waals surface area contributed by atoms with Gasteiger partial charge in [0, 0.05) is 13.1 Å². The molecule has 0 spiro atoms. The summed E-state index contributed by atoms with van der Waals surface area (Å²) < 4.78 is 39.3. The van der Waals surface area contributed by atoms with Crippen LogP contribution >= 0.6 is 0 Å². The van der Waals surface area contributed by atoms with E-state index in [9.17, 15) is 18.4 Å². The molecule has 7 heteroatoms. The fraction of sp³-hybridized carbons (Fsp3) is 0.259. The third-order valence-corrected chi connectivity index (χ3v) is 5.81. The predicted molar refractivity (Wildman–Crippen MR) is 123 cm³/mol. The van der Waals surface area contributed by atoms with Crippen molar-refractivity contribution in [2.45, 2.75) is 32.9 Å². The molecule has 34 heavy (non-hydrogen) atoms. The first-order chi connectivity index (χ1) is 16.5. The fourth-order valence-electron chi connectivity index (χ4n) is 4.11. The number of rotatable bonds is 6. The summed E-state index contributed by atoms with van der Waals surface area (Å²) in [4.78, 5) is 26.1. The molecule has 0 aromatic heterocycles. The number of halogens is 2. The van der Waals surface area contributed by atoms with Crippen molar-refractivity contribution in [2.24, 2.45) is 0 Å². The average Bonchev–Trinajstić information content (AvgIpc) is 2.85. The van der Waals surface area contributed by atoms with Crippen LogP contribution in [0.3, 0.4) is 0 Å². The molecule has 1 amide bonds. The molecule has 0 unspecified atom stereocenters. The van der Waals surface area contributed by atoms with Crippen molar-refractivity contribution in [1.29, 1.82) is 0 Å². The summed E-state index contributed by atoms with van der Waals surface area (Å²) >= 11 is 0. The smallest absolute Gasteiger partial charge is 0.410 e. The first kappa shape index (κ1) is 23.4. The normalized spacial score (nSPS) is 12.7. The second-order valence-electron chi connectivity index (χ2n) is 8.05. The van der Waals surface area contributed by atoms with Crippen LogP contribution in [0.25, 0.3) is 11.1 Å². The second kappa shape index (κ2) is 10.5. The summed E-state index contributed by atoms with van der Waals surface area (Å²) in [7, 11) is 0. The zero-order chi connectivity index (χ0) is 24.1. The zero-order valence-corrected chi connectivity index (χ0v) is 18.9. The van der Waals surface area contributed by atoms with E-state index in [1.165, 1.54) is 17.0 Å². The SMILES string of the molecule is CCOC(=O)Cc1cc(-c2ccc(F)c3c2CN(C(=O)OCc2ccccc2)CC3)ccc1F. The van der Waals surface area contributed by atoms with E-state index < -0.39 is 17.9 Å². The molecule has 1 heterocycles. The van der Waals surface area contributed by atoms with Crippen LogP contribution in [0.1, 0.15) is 29.2 Å². The lowest BCUT2D eigenvalue weighted by Gasteiger charge is -2.30.